The van der Waals surface area contributed by atoms with E-state index in [1.54, 1.807) is 19.2 Å². The number of aryl methyl sites for hydroxylation is 1. The molecule has 3 aromatic rings. The minimum Gasteiger partial charge on any atom is -0.497 e. The molecule has 0 aliphatic carbocycles. The molecule has 0 spiro atoms. The second-order valence-electron chi connectivity index (χ2n) is 7.13. The van der Waals surface area contributed by atoms with E-state index < -0.39 is 5.82 Å². The van der Waals surface area contributed by atoms with Crippen molar-refractivity contribution in [1.29, 1.82) is 0 Å². The minimum absolute atomic E-state index is 0. The van der Waals surface area contributed by atoms with Crippen LogP contribution >= 0.6 is 0 Å². The number of hydrogen-bond donors (Lipinski definition) is 2. The first kappa shape index (κ1) is 19.1. The average Bonchev–Trinajstić information content (AvgIpc) is 3.13. The molecule has 154 valence electrons. The minimum atomic E-state index is -0.400. The fourth-order valence-electron chi connectivity index (χ4n) is 3.23. The summed E-state index contributed by atoms with van der Waals surface area (Å²) in [6.07, 6.45) is 0. The molecule has 0 amide bonds. The zero-order valence-electron chi connectivity index (χ0n) is 16.7. The number of benzene rings is 1. The lowest BCUT2D eigenvalue weighted by Crippen LogP contribution is -2.44. The second kappa shape index (κ2) is 8.04. The Hall–Kier alpha value is -3.20. The Kier molecular flexibility index (Phi) is 5.30. The van der Waals surface area contributed by atoms with Crippen LogP contribution in [0.4, 0.5) is 21.8 Å². The molecule has 2 aromatic heterocycles. The molecular weight excluding hydrogens is 373 g/mol. The number of nitrogens with one attached hydrogen (secondary N) is 2. The number of aromatic nitrogens is 4. The fourth-order valence-corrected chi connectivity index (χ4v) is 3.23. The Bertz CT molecular complexity index is 1000. The summed E-state index contributed by atoms with van der Waals surface area (Å²) >= 11 is 0. The quantitative estimate of drug-likeness (QED) is 0.682. The van der Waals surface area contributed by atoms with Gasteiger partial charge in [0.2, 0.25) is 0 Å². The van der Waals surface area contributed by atoms with E-state index in [2.05, 4.69) is 42.3 Å². The Balaban J connectivity index is 0.00000256. The number of rotatable bonds is 5. The van der Waals surface area contributed by atoms with Gasteiger partial charge in [-0.3, -0.25) is 5.10 Å². The highest BCUT2D eigenvalue weighted by Gasteiger charge is 2.19. The van der Waals surface area contributed by atoms with E-state index in [0.29, 0.717) is 28.8 Å². The van der Waals surface area contributed by atoms with Gasteiger partial charge in [-0.1, -0.05) is 0 Å². The predicted octanol–water partition coefficient (Wildman–Crippen LogP) is 3.06. The summed E-state index contributed by atoms with van der Waals surface area (Å²) in [5, 5.41) is 10.3. The van der Waals surface area contributed by atoms with E-state index in [1.165, 1.54) is 6.07 Å². The summed E-state index contributed by atoms with van der Waals surface area (Å²) in [6, 6.07) is 8.31. The predicted molar refractivity (Wildman–Crippen MR) is 112 cm³/mol. The monoisotopic (exact) mass is 399 g/mol. The molecule has 29 heavy (non-hydrogen) atoms. The van der Waals surface area contributed by atoms with Crippen LogP contribution in [0, 0.1) is 12.7 Å². The Morgan fingerprint density at radius 3 is 2.59 bits per heavy atom. The highest BCUT2D eigenvalue weighted by molar-refractivity contribution is 5.66. The SMILES string of the molecule is COc1ccc(F)c(-c2nc(Nc3cc(C)[nH]n3)cc(N3CCN(C)CC3)n2)c1.[HH]. The van der Waals surface area contributed by atoms with E-state index in [4.69, 9.17) is 4.74 Å². The van der Waals surface area contributed by atoms with Crippen molar-refractivity contribution in [3.63, 3.8) is 0 Å². The van der Waals surface area contributed by atoms with Gasteiger partial charge in [0.1, 0.15) is 23.2 Å². The third-order valence-electron chi connectivity index (χ3n) is 4.92. The standard InChI is InChI=1S/C20H24FN7O.H2/c1-13-10-18(26-25-13)22-17-12-19(28-8-6-27(2)7-9-28)24-20(23-17)15-11-14(29-3)4-5-16(15)21;/h4-5,10-12H,6-9H2,1-3H3,(H2,22,23,24,25,26);1H. The first-order chi connectivity index (χ1) is 14.0. The first-order valence-corrected chi connectivity index (χ1v) is 9.47. The molecular formula is C20H26FN7O. The van der Waals surface area contributed by atoms with Crippen LogP contribution in [0.25, 0.3) is 11.4 Å². The molecule has 1 aliphatic rings. The van der Waals surface area contributed by atoms with Crippen molar-refractivity contribution in [1.82, 2.24) is 25.1 Å². The number of halogens is 1. The van der Waals surface area contributed by atoms with E-state index in [1.807, 2.05) is 19.1 Å². The van der Waals surface area contributed by atoms with Crippen LogP contribution in [0.1, 0.15) is 7.12 Å². The molecule has 0 atom stereocenters. The number of aromatic amines is 1. The van der Waals surface area contributed by atoms with E-state index >= 15 is 0 Å². The summed E-state index contributed by atoms with van der Waals surface area (Å²) in [5.74, 6) is 2.39. The Morgan fingerprint density at radius 2 is 1.90 bits per heavy atom. The Morgan fingerprint density at radius 1 is 1.10 bits per heavy atom. The lowest BCUT2D eigenvalue weighted by atomic mass is 10.2. The molecule has 1 aliphatic heterocycles. The largest absolute Gasteiger partial charge is 0.497 e. The van der Waals surface area contributed by atoms with Gasteiger partial charge >= 0.3 is 0 Å². The van der Waals surface area contributed by atoms with Crippen LogP contribution in [-0.4, -0.2) is 65.4 Å². The van der Waals surface area contributed by atoms with Crippen LogP contribution < -0.4 is 15.0 Å². The highest BCUT2D eigenvalue weighted by Crippen LogP contribution is 2.29. The summed E-state index contributed by atoms with van der Waals surface area (Å²) in [7, 11) is 3.65. The zero-order chi connectivity index (χ0) is 20.4. The van der Waals surface area contributed by atoms with Crippen molar-refractivity contribution >= 4 is 17.5 Å². The number of methoxy groups -OCH3 is 1. The van der Waals surface area contributed by atoms with Gasteiger partial charge in [0, 0.05) is 45.4 Å². The third-order valence-corrected chi connectivity index (χ3v) is 4.92. The Labute approximate surface area is 170 Å². The molecule has 9 heteroatoms. The van der Waals surface area contributed by atoms with Gasteiger partial charge in [0.15, 0.2) is 11.6 Å². The number of piperazine rings is 1. The molecule has 3 heterocycles. The third kappa shape index (κ3) is 4.29. The average molecular weight is 399 g/mol. The van der Waals surface area contributed by atoms with Crippen LogP contribution in [0.3, 0.4) is 0 Å². The van der Waals surface area contributed by atoms with Gasteiger partial charge < -0.3 is 19.9 Å². The molecule has 0 saturated carbocycles. The highest BCUT2D eigenvalue weighted by atomic mass is 19.1. The summed E-state index contributed by atoms with van der Waals surface area (Å²) in [6.45, 7) is 5.48. The van der Waals surface area contributed by atoms with Gasteiger partial charge in [-0.05, 0) is 32.2 Å². The first-order valence-electron chi connectivity index (χ1n) is 9.47. The fraction of sp³-hybridized carbons (Fsp3) is 0.350. The molecule has 0 bridgehead atoms. The number of nitrogens with zero attached hydrogens (tertiary/aromatic N) is 5. The van der Waals surface area contributed by atoms with Crippen molar-refractivity contribution in [3.8, 4) is 17.1 Å². The number of H-pyrrole nitrogens is 1. The molecule has 1 saturated heterocycles. The molecule has 2 N–H and O–H groups in total. The topological polar surface area (TPSA) is 82.2 Å². The van der Waals surface area contributed by atoms with Crippen LogP contribution in [0.5, 0.6) is 5.75 Å². The second-order valence-corrected chi connectivity index (χ2v) is 7.13. The number of ether oxygens (including phenoxy) is 1. The summed E-state index contributed by atoms with van der Waals surface area (Å²) < 4.78 is 19.8. The van der Waals surface area contributed by atoms with Crippen LogP contribution in [0.2, 0.25) is 0 Å². The van der Waals surface area contributed by atoms with Crippen LogP contribution in [-0.2, 0) is 0 Å². The maximum atomic E-state index is 14.6. The van der Waals surface area contributed by atoms with Crippen LogP contribution in [0.15, 0.2) is 30.3 Å². The summed E-state index contributed by atoms with van der Waals surface area (Å²) in [4.78, 5) is 13.7. The number of likely N-dealkylation sites (N-methyl/N-ethyl adjacent to an activating group) is 1. The molecule has 1 aromatic carbocycles. The molecule has 0 unspecified atom stereocenters. The van der Waals surface area contributed by atoms with E-state index in [9.17, 15) is 4.39 Å². The van der Waals surface area contributed by atoms with Gasteiger partial charge in [-0.25, -0.2) is 14.4 Å². The molecule has 4 rings (SSSR count). The van der Waals surface area contributed by atoms with Crippen molar-refractivity contribution in [2.24, 2.45) is 0 Å². The van der Waals surface area contributed by atoms with Gasteiger partial charge in [0.25, 0.3) is 0 Å². The van der Waals surface area contributed by atoms with Gasteiger partial charge in [0.05, 0.1) is 12.7 Å². The number of anilines is 3. The maximum absolute atomic E-state index is 14.6. The smallest absolute Gasteiger partial charge is 0.166 e. The number of hydrogen-bond acceptors (Lipinski definition) is 7. The summed E-state index contributed by atoms with van der Waals surface area (Å²) in [5.41, 5.74) is 1.22. The lowest BCUT2D eigenvalue weighted by Gasteiger charge is -2.33. The lowest BCUT2D eigenvalue weighted by molar-refractivity contribution is 0.312. The molecule has 1 fully saturated rings. The van der Waals surface area contributed by atoms with Crippen molar-refractivity contribution in [2.45, 2.75) is 6.92 Å². The zero-order valence-corrected chi connectivity index (χ0v) is 16.7. The van der Waals surface area contributed by atoms with Gasteiger partial charge in [-0.2, -0.15) is 5.10 Å². The van der Waals surface area contributed by atoms with E-state index in [0.717, 1.165) is 37.7 Å². The van der Waals surface area contributed by atoms with E-state index in [-0.39, 0.29) is 1.43 Å². The van der Waals surface area contributed by atoms with Crippen molar-refractivity contribution in [3.05, 3.63) is 41.8 Å². The van der Waals surface area contributed by atoms with Crippen molar-refractivity contribution in [2.75, 3.05) is 50.6 Å². The van der Waals surface area contributed by atoms with Gasteiger partial charge in [-0.15, -0.1) is 0 Å². The normalized spacial score (nSPS) is 14.8. The molecule has 0 radical (unpaired) electrons. The van der Waals surface area contributed by atoms with Crippen molar-refractivity contribution < 1.29 is 10.6 Å². The maximum Gasteiger partial charge on any atom is 0.166 e. The molecule has 8 nitrogen and oxygen atoms in total.